The van der Waals surface area contributed by atoms with Crippen LogP contribution in [0.3, 0.4) is 0 Å². The van der Waals surface area contributed by atoms with Gasteiger partial charge in [-0.05, 0) is 12.1 Å². The standard InChI is InChI=1S/C10H7FO2S/c1-13-9-3-7-8(11)5-14-10(7)2-6(9)4-12/h2-5H,1H3. The minimum atomic E-state index is -0.277. The van der Waals surface area contributed by atoms with Gasteiger partial charge in [-0.15, -0.1) is 11.3 Å². The molecule has 0 unspecified atom stereocenters. The van der Waals surface area contributed by atoms with Crippen molar-refractivity contribution in [3.05, 3.63) is 28.9 Å². The first-order valence-electron chi connectivity index (χ1n) is 3.96. The van der Waals surface area contributed by atoms with Crippen LogP contribution in [0.1, 0.15) is 10.4 Å². The fourth-order valence-electron chi connectivity index (χ4n) is 1.31. The number of carbonyl (C=O) groups excluding carboxylic acids is 1. The van der Waals surface area contributed by atoms with Crippen LogP contribution in [0, 0.1) is 5.82 Å². The van der Waals surface area contributed by atoms with E-state index in [9.17, 15) is 9.18 Å². The monoisotopic (exact) mass is 210 g/mol. The first kappa shape index (κ1) is 9.15. The van der Waals surface area contributed by atoms with Crippen molar-refractivity contribution in [1.82, 2.24) is 0 Å². The maximum Gasteiger partial charge on any atom is 0.153 e. The van der Waals surface area contributed by atoms with E-state index in [1.165, 1.54) is 23.8 Å². The van der Waals surface area contributed by atoms with Crippen molar-refractivity contribution in [2.45, 2.75) is 0 Å². The van der Waals surface area contributed by atoms with Crippen molar-refractivity contribution < 1.29 is 13.9 Å². The molecule has 1 aromatic heterocycles. The zero-order valence-corrected chi connectivity index (χ0v) is 8.23. The van der Waals surface area contributed by atoms with E-state index in [4.69, 9.17) is 4.74 Å². The summed E-state index contributed by atoms with van der Waals surface area (Å²) < 4.78 is 18.9. The number of rotatable bonds is 2. The number of methoxy groups -OCH3 is 1. The number of carbonyl (C=O) groups is 1. The van der Waals surface area contributed by atoms with E-state index in [0.29, 0.717) is 23.0 Å². The predicted molar refractivity (Wildman–Crippen MR) is 53.7 cm³/mol. The first-order chi connectivity index (χ1) is 6.76. The number of hydrogen-bond donors (Lipinski definition) is 0. The maximum absolute atomic E-state index is 13.2. The summed E-state index contributed by atoms with van der Waals surface area (Å²) >= 11 is 1.27. The van der Waals surface area contributed by atoms with E-state index in [1.807, 2.05) is 0 Å². The molecule has 72 valence electrons. The molecular formula is C10H7FO2S. The van der Waals surface area contributed by atoms with Gasteiger partial charge in [-0.1, -0.05) is 0 Å². The van der Waals surface area contributed by atoms with E-state index in [0.717, 1.165) is 4.70 Å². The third kappa shape index (κ3) is 1.28. The fourth-order valence-corrected chi connectivity index (χ4v) is 2.14. The molecule has 0 atom stereocenters. The van der Waals surface area contributed by atoms with Crippen molar-refractivity contribution in [2.75, 3.05) is 7.11 Å². The van der Waals surface area contributed by atoms with Gasteiger partial charge in [0, 0.05) is 15.5 Å². The van der Waals surface area contributed by atoms with Crippen LogP contribution in [0.5, 0.6) is 5.75 Å². The van der Waals surface area contributed by atoms with Crippen LogP contribution < -0.4 is 4.74 Å². The lowest BCUT2D eigenvalue weighted by Gasteiger charge is -2.02. The zero-order chi connectivity index (χ0) is 10.1. The highest BCUT2D eigenvalue weighted by Crippen LogP contribution is 2.30. The lowest BCUT2D eigenvalue weighted by Crippen LogP contribution is -1.89. The summed E-state index contributed by atoms with van der Waals surface area (Å²) in [4.78, 5) is 10.7. The Morgan fingerprint density at radius 1 is 1.50 bits per heavy atom. The molecule has 0 saturated carbocycles. The second-order valence-corrected chi connectivity index (χ2v) is 3.70. The highest BCUT2D eigenvalue weighted by molar-refractivity contribution is 7.17. The van der Waals surface area contributed by atoms with E-state index in [-0.39, 0.29) is 5.82 Å². The highest BCUT2D eigenvalue weighted by Gasteiger charge is 2.09. The fraction of sp³-hybridized carbons (Fsp3) is 0.100. The maximum atomic E-state index is 13.2. The normalized spacial score (nSPS) is 10.4. The Balaban J connectivity index is 2.77. The predicted octanol–water partition coefficient (Wildman–Crippen LogP) is 2.86. The molecular weight excluding hydrogens is 203 g/mol. The molecule has 2 aromatic rings. The molecule has 2 nitrogen and oxygen atoms in total. The summed E-state index contributed by atoms with van der Waals surface area (Å²) in [6.45, 7) is 0. The third-order valence-corrected chi connectivity index (χ3v) is 2.92. The molecule has 2 rings (SSSR count). The van der Waals surface area contributed by atoms with Gasteiger partial charge in [0.1, 0.15) is 11.6 Å². The molecule has 0 bridgehead atoms. The summed E-state index contributed by atoms with van der Waals surface area (Å²) in [5, 5.41) is 1.91. The number of halogens is 1. The molecule has 14 heavy (non-hydrogen) atoms. The number of aldehydes is 1. The molecule has 0 aliphatic rings. The molecule has 0 amide bonds. The molecule has 0 spiro atoms. The molecule has 0 aliphatic heterocycles. The number of thiophene rings is 1. The van der Waals surface area contributed by atoms with Gasteiger partial charge in [0.15, 0.2) is 6.29 Å². The van der Waals surface area contributed by atoms with Gasteiger partial charge in [0.05, 0.1) is 12.7 Å². The van der Waals surface area contributed by atoms with Gasteiger partial charge in [-0.25, -0.2) is 4.39 Å². The van der Waals surface area contributed by atoms with Gasteiger partial charge in [0.25, 0.3) is 0 Å². The van der Waals surface area contributed by atoms with E-state index < -0.39 is 0 Å². The molecule has 0 saturated heterocycles. The lowest BCUT2D eigenvalue weighted by molar-refractivity contribution is 0.112. The molecule has 4 heteroatoms. The Morgan fingerprint density at radius 2 is 2.29 bits per heavy atom. The SMILES string of the molecule is COc1cc2c(F)csc2cc1C=O. The van der Waals surface area contributed by atoms with Gasteiger partial charge in [0.2, 0.25) is 0 Å². The zero-order valence-electron chi connectivity index (χ0n) is 7.41. The van der Waals surface area contributed by atoms with Crippen LogP contribution in [-0.4, -0.2) is 13.4 Å². The van der Waals surface area contributed by atoms with Crippen LogP contribution >= 0.6 is 11.3 Å². The quantitative estimate of drug-likeness (QED) is 0.712. The van der Waals surface area contributed by atoms with Crippen molar-refractivity contribution in [3.63, 3.8) is 0 Å². The summed E-state index contributed by atoms with van der Waals surface area (Å²) in [5.74, 6) is 0.130. The number of hydrogen-bond acceptors (Lipinski definition) is 3. The Morgan fingerprint density at radius 3 is 2.93 bits per heavy atom. The average molecular weight is 210 g/mol. The lowest BCUT2D eigenvalue weighted by atomic mass is 10.1. The Hall–Kier alpha value is -1.42. The van der Waals surface area contributed by atoms with E-state index in [1.54, 1.807) is 12.1 Å². The second kappa shape index (κ2) is 3.38. The van der Waals surface area contributed by atoms with Crippen molar-refractivity contribution in [3.8, 4) is 5.75 Å². The number of benzene rings is 1. The third-order valence-electron chi connectivity index (χ3n) is 2.01. The van der Waals surface area contributed by atoms with Crippen LogP contribution in [-0.2, 0) is 0 Å². The van der Waals surface area contributed by atoms with Gasteiger partial charge < -0.3 is 4.74 Å². The van der Waals surface area contributed by atoms with E-state index >= 15 is 0 Å². The minimum absolute atomic E-state index is 0.277. The molecule has 0 radical (unpaired) electrons. The smallest absolute Gasteiger partial charge is 0.153 e. The van der Waals surface area contributed by atoms with Gasteiger partial charge in [-0.2, -0.15) is 0 Å². The molecule has 1 heterocycles. The first-order valence-corrected chi connectivity index (χ1v) is 4.84. The molecule has 0 fully saturated rings. The van der Waals surface area contributed by atoms with E-state index in [2.05, 4.69) is 0 Å². The summed E-state index contributed by atoms with van der Waals surface area (Å²) in [7, 11) is 1.46. The summed E-state index contributed by atoms with van der Waals surface area (Å²) in [6.07, 6.45) is 0.704. The highest BCUT2D eigenvalue weighted by atomic mass is 32.1. The Bertz CT molecular complexity index is 490. The molecule has 0 N–H and O–H groups in total. The van der Waals surface area contributed by atoms with Crippen LogP contribution in [0.25, 0.3) is 10.1 Å². The van der Waals surface area contributed by atoms with Crippen molar-refractivity contribution in [1.29, 1.82) is 0 Å². The largest absolute Gasteiger partial charge is 0.496 e. The Kier molecular flexibility index (Phi) is 2.21. The van der Waals surface area contributed by atoms with Crippen LogP contribution in [0.4, 0.5) is 4.39 Å². The van der Waals surface area contributed by atoms with Crippen LogP contribution in [0.2, 0.25) is 0 Å². The molecule has 0 aliphatic carbocycles. The summed E-state index contributed by atoms with van der Waals surface area (Å²) in [5.41, 5.74) is 0.446. The van der Waals surface area contributed by atoms with Gasteiger partial charge >= 0.3 is 0 Å². The topological polar surface area (TPSA) is 26.3 Å². The Labute approximate surface area is 83.9 Å². The summed E-state index contributed by atoms with van der Waals surface area (Å²) in [6, 6.07) is 3.18. The minimum Gasteiger partial charge on any atom is -0.496 e. The van der Waals surface area contributed by atoms with Crippen molar-refractivity contribution >= 4 is 27.7 Å². The molecule has 1 aromatic carbocycles. The average Bonchev–Trinajstić information content (AvgIpc) is 2.58. The van der Waals surface area contributed by atoms with Crippen LogP contribution in [0.15, 0.2) is 17.5 Å². The number of fused-ring (bicyclic) bond motifs is 1. The van der Waals surface area contributed by atoms with Gasteiger partial charge in [-0.3, -0.25) is 4.79 Å². The second-order valence-electron chi connectivity index (χ2n) is 2.79. The van der Waals surface area contributed by atoms with Crippen molar-refractivity contribution in [2.24, 2.45) is 0 Å². The number of ether oxygens (including phenoxy) is 1.